The number of nitrogens with zero attached hydrogens (tertiary/aromatic N) is 3. The van der Waals surface area contributed by atoms with Crippen LogP contribution in [0.5, 0.6) is 0 Å². The number of carbonyl (C=O) groups excluding carboxylic acids is 3. The van der Waals surface area contributed by atoms with E-state index in [2.05, 4.69) is 51.5 Å². The van der Waals surface area contributed by atoms with E-state index in [9.17, 15) is 14.4 Å². The molecule has 1 aliphatic heterocycles. The van der Waals surface area contributed by atoms with Gasteiger partial charge in [0, 0.05) is 31.9 Å². The van der Waals surface area contributed by atoms with Gasteiger partial charge >= 0.3 is 13.1 Å². The summed E-state index contributed by atoms with van der Waals surface area (Å²) < 4.78 is 12.0. The number of ether oxygens (including phenoxy) is 1. The van der Waals surface area contributed by atoms with E-state index < -0.39 is 18.0 Å². The van der Waals surface area contributed by atoms with Crippen molar-refractivity contribution in [2.75, 3.05) is 20.1 Å². The first-order chi connectivity index (χ1) is 23.6. The monoisotopic (exact) mass is 670 g/mol. The largest absolute Gasteiger partial charge is 0.445 e. The molecule has 4 rings (SSSR count). The quantitative estimate of drug-likeness (QED) is 0.128. The van der Waals surface area contributed by atoms with Gasteiger partial charge in [-0.15, -0.1) is 0 Å². The van der Waals surface area contributed by atoms with Crippen LogP contribution in [-0.4, -0.2) is 77.5 Å². The summed E-state index contributed by atoms with van der Waals surface area (Å²) in [7, 11) is 1.73. The van der Waals surface area contributed by atoms with E-state index in [0.29, 0.717) is 25.3 Å². The summed E-state index contributed by atoms with van der Waals surface area (Å²) >= 11 is 0. The molecule has 1 saturated heterocycles. The highest BCUT2D eigenvalue weighted by Gasteiger charge is 2.47. The Kier molecular flexibility index (Phi) is 14.6. The molecular formula is C37H51BN6O5. The van der Waals surface area contributed by atoms with Crippen molar-refractivity contribution >= 4 is 25.0 Å². The first-order valence-electron chi connectivity index (χ1n) is 17.4. The average Bonchev–Trinajstić information content (AvgIpc) is 3.40. The first kappa shape index (κ1) is 37.5. The zero-order valence-electron chi connectivity index (χ0n) is 29.3. The third-order valence-corrected chi connectivity index (χ3v) is 8.64. The minimum absolute atomic E-state index is 0.152. The summed E-state index contributed by atoms with van der Waals surface area (Å²) in [5.41, 5.74) is 1.69. The van der Waals surface area contributed by atoms with Gasteiger partial charge in [0.05, 0.1) is 17.7 Å². The molecule has 12 heteroatoms. The van der Waals surface area contributed by atoms with Crippen LogP contribution in [-0.2, 0) is 27.2 Å². The second-order valence-corrected chi connectivity index (χ2v) is 13.6. The molecule has 0 bridgehead atoms. The van der Waals surface area contributed by atoms with Crippen molar-refractivity contribution in [3.8, 4) is 0 Å². The normalized spacial score (nSPS) is 17.4. The third kappa shape index (κ3) is 12.6. The Labute approximate surface area is 291 Å². The maximum atomic E-state index is 13.9. The second-order valence-electron chi connectivity index (χ2n) is 13.6. The lowest BCUT2D eigenvalue weighted by Gasteiger charge is -2.29. The molecular weight excluding hydrogens is 619 g/mol. The van der Waals surface area contributed by atoms with E-state index in [4.69, 9.17) is 9.39 Å². The number of likely N-dealkylation sites (N-methyl/N-ethyl adjacent to an activating group) is 1. The Bertz CT molecular complexity index is 1450. The first-order valence-corrected chi connectivity index (χ1v) is 17.4. The molecule has 2 heterocycles. The minimum atomic E-state index is -0.815. The van der Waals surface area contributed by atoms with Gasteiger partial charge in [0.2, 0.25) is 5.91 Å². The molecule has 2 aromatic carbocycles. The molecule has 3 aromatic rings. The highest BCUT2D eigenvalue weighted by Crippen LogP contribution is 2.30. The van der Waals surface area contributed by atoms with Crippen molar-refractivity contribution in [3.63, 3.8) is 0 Å². The number of amides is 3. The SMILES string of the molecule is CC(C)C[C@H](NC(=O)[C@H](Cc1ccccc1)NC(=O)c1cnccn1)B1OC(C)(CCCCCCNC(=O)OCc2ccccc2)CN1C. The van der Waals surface area contributed by atoms with Crippen LogP contribution in [0.25, 0.3) is 0 Å². The molecule has 0 spiro atoms. The van der Waals surface area contributed by atoms with Crippen LogP contribution in [0, 0.1) is 5.92 Å². The number of nitrogens with one attached hydrogen (secondary N) is 3. The number of hydrogen-bond acceptors (Lipinski definition) is 8. The Morgan fingerprint density at radius 2 is 1.65 bits per heavy atom. The minimum Gasteiger partial charge on any atom is -0.445 e. The fourth-order valence-corrected chi connectivity index (χ4v) is 6.25. The van der Waals surface area contributed by atoms with Crippen molar-refractivity contribution in [1.82, 2.24) is 30.7 Å². The van der Waals surface area contributed by atoms with E-state index in [1.165, 1.54) is 18.6 Å². The number of hydrogen-bond donors (Lipinski definition) is 3. The molecule has 262 valence electrons. The van der Waals surface area contributed by atoms with Gasteiger partial charge in [-0.1, -0.05) is 93.8 Å². The van der Waals surface area contributed by atoms with Gasteiger partial charge < -0.3 is 30.2 Å². The van der Waals surface area contributed by atoms with Crippen molar-refractivity contribution in [2.24, 2.45) is 5.92 Å². The van der Waals surface area contributed by atoms with Gasteiger partial charge in [0.1, 0.15) is 18.3 Å². The predicted octanol–water partition coefficient (Wildman–Crippen LogP) is 4.97. The molecule has 11 nitrogen and oxygen atoms in total. The number of rotatable bonds is 18. The van der Waals surface area contributed by atoms with Gasteiger partial charge in [-0.2, -0.15) is 0 Å². The smallest absolute Gasteiger partial charge is 0.407 e. The molecule has 0 saturated carbocycles. The van der Waals surface area contributed by atoms with E-state index >= 15 is 0 Å². The number of benzene rings is 2. The molecule has 49 heavy (non-hydrogen) atoms. The van der Waals surface area contributed by atoms with E-state index in [-0.39, 0.29) is 36.8 Å². The Hall–Kier alpha value is -4.29. The molecule has 3 amide bonds. The number of aromatic nitrogens is 2. The standard InChI is InChI=1S/C37H51BN6O5/c1-28(2)23-33(43-34(45)31(24-29-15-9-7-10-16-29)42-35(46)32-25-39-21-22-40-32)38-44(4)27-37(3,49-38)19-13-5-6-14-20-41-36(47)48-26-30-17-11-8-12-18-30/h7-12,15-18,21-22,25,28,31,33H,5-6,13-14,19-20,23-24,26-27H2,1-4H3,(H,41,47)(H,42,46)(H,43,45)/t31-,33-,37?/m0/s1. The molecule has 1 aromatic heterocycles. The lowest BCUT2D eigenvalue weighted by molar-refractivity contribution is -0.123. The van der Waals surface area contributed by atoms with Crippen molar-refractivity contribution in [1.29, 1.82) is 0 Å². The lowest BCUT2D eigenvalue weighted by atomic mass is 9.68. The summed E-state index contributed by atoms with van der Waals surface area (Å²) in [5.74, 6) is -0.695. The second kappa shape index (κ2) is 19.0. The maximum absolute atomic E-state index is 13.9. The zero-order chi connectivity index (χ0) is 35.1. The fourth-order valence-electron chi connectivity index (χ4n) is 6.25. The Morgan fingerprint density at radius 1 is 0.959 bits per heavy atom. The van der Waals surface area contributed by atoms with E-state index in [0.717, 1.165) is 49.8 Å². The molecule has 1 aliphatic rings. The molecule has 1 fully saturated rings. The topological polar surface area (TPSA) is 135 Å². The van der Waals surface area contributed by atoms with Crippen molar-refractivity contribution < 1.29 is 23.8 Å². The van der Waals surface area contributed by atoms with Crippen LogP contribution >= 0.6 is 0 Å². The summed E-state index contributed by atoms with van der Waals surface area (Å²) in [6.07, 6.45) is 9.75. The third-order valence-electron chi connectivity index (χ3n) is 8.64. The maximum Gasteiger partial charge on any atom is 0.407 e. The van der Waals surface area contributed by atoms with Crippen molar-refractivity contribution in [2.45, 2.75) is 89.9 Å². The van der Waals surface area contributed by atoms with Crippen LogP contribution < -0.4 is 16.0 Å². The van der Waals surface area contributed by atoms with Crippen LogP contribution in [0.15, 0.2) is 79.3 Å². The fraction of sp³-hybridized carbons (Fsp3) is 0.486. The molecule has 3 atom stereocenters. The van der Waals surface area contributed by atoms with Crippen LogP contribution in [0.2, 0.25) is 0 Å². The molecule has 0 aliphatic carbocycles. The highest BCUT2D eigenvalue weighted by atomic mass is 16.5. The average molecular weight is 671 g/mol. The Morgan fingerprint density at radius 3 is 2.33 bits per heavy atom. The van der Waals surface area contributed by atoms with Gasteiger partial charge in [-0.3, -0.25) is 14.6 Å². The van der Waals surface area contributed by atoms with E-state index in [1.807, 2.05) is 67.7 Å². The van der Waals surface area contributed by atoms with Gasteiger partial charge in [-0.05, 0) is 50.3 Å². The van der Waals surface area contributed by atoms with E-state index in [1.54, 1.807) is 0 Å². The van der Waals surface area contributed by atoms with Crippen molar-refractivity contribution in [3.05, 3.63) is 96.1 Å². The van der Waals surface area contributed by atoms with Crippen LogP contribution in [0.3, 0.4) is 0 Å². The zero-order valence-corrected chi connectivity index (χ0v) is 29.3. The number of alkyl carbamates (subject to hydrolysis) is 1. The van der Waals surface area contributed by atoms with Gasteiger partial charge in [-0.25, -0.2) is 9.78 Å². The lowest BCUT2D eigenvalue weighted by Crippen LogP contribution is -2.58. The van der Waals surface area contributed by atoms with Gasteiger partial charge in [0.15, 0.2) is 0 Å². The van der Waals surface area contributed by atoms with Crippen LogP contribution in [0.1, 0.15) is 80.9 Å². The summed E-state index contributed by atoms with van der Waals surface area (Å²) in [6.45, 7) is 7.98. The van der Waals surface area contributed by atoms with Gasteiger partial charge in [0.25, 0.3) is 5.91 Å². The summed E-state index contributed by atoms with van der Waals surface area (Å²) in [4.78, 5) is 49.2. The summed E-state index contributed by atoms with van der Waals surface area (Å²) in [6, 6.07) is 18.4. The molecule has 1 unspecified atom stereocenters. The summed E-state index contributed by atoms with van der Waals surface area (Å²) in [5, 5.41) is 8.97. The van der Waals surface area contributed by atoms with Crippen LogP contribution in [0.4, 0.5) is 4.79 Å². The predicted molar refractivity (Wildman–Crippen MR) is 190 cm³/mol. The molecule has 3 N–H and O–H groups in total. The molecule has 0 radical (unpaired) electrons. The highest BCUT2D eigenvalue weighted by molar-refractivity contribution is 6.51. The number of unbranched alkanes of at least 4 members (excludes halogenated alkanes) is 3. The Balaban J connectivity index is 1.27. The number of carbonyl (C=O) groups is 3.